The zero-order valence-electron chi connectivity index (χ0n) is 19.9. The quantitative estimate of drug-likeness (QED) is 0.250. The van der Waals surface area contributed by atoms with Crippen LogP contribution in [0.15, 0.2) is 42.5 Å². The van der Waals surface area contributed by atoms with Crippen molar-refractivity contribution in [1.29, 1.82) is 0 Å². The van der Waals surface area contributed by atoms with Gasteiger partial charge < -0.3 is 20.6 Å². The zero-order valence-corrected chi connectivity index (χ0v) is 19.9. The Morgan fingerprint density at radius 2 is 1.82 bits per heavy atom. The molecule has 180 valence electrons. The molecule has 1 aromatic heterocycles. The molecule has 0 saturated carbocycles. The average molecular weight is 455 g/mol. The lowest BCUT2D eigenvalue weighted by Crippen LogP contribution is -2.39. The number of hydrogen-bond donors (Lipinski definition) is 3. The number of rotatable bonds is 17. The van der Waals surface area contributed by atoms with Crippen molar-refractivity contribution in [3.05, 3.63) is 59.3 Å². The molecule has 0 fully saturated rings. The number of pyridine rings is 1. The second-order valence-corrected chi connectivity index (χ2v) is 8.27. The van der Waals surface area contributed by atoms with E-state index in [9.17, 15) is 14.7 Å². The third-order valence-corrected chi connectivity index (χ3v) is 5.90. The second kappa shape index (κ2) is 15.0. The van der Waals surface area contributed by atoms with E-state index in [0.717, 1.165) is 63.1 Å². The Kier molecular flexibility index (Phi) is 12.0. The van der Waals surface area contributed by atoms with Crippen LogP contribution in [0.5, 0.6) is 0 Å². The number of carbonyl (C=O) groups is 2. The van der Waals surface area contributed by atoms with E-state index in [-0.39, 0.29) is 0 Å². The number of hydrogen-bond acceptors (Lipinski definition) is 5. The normalized spacial score (nSPS) is 11.8. The zero-order chi connectivity index (χ0) is 23.9. The van der Waals surface area contributed by atoms with Crippen LogP contribution in [0.3, 0.4) is 0 Å². The molecule has 1 amide bonds. The van der Waals surface area contributed by atoms with Crippen molar-refractivity contribution in [2.45, 2.75) is 57.9 Å². The van der Waals surface area contributed by atoms with E-state index in [2.05, 4.69) is 58.9 Å². The smallest absolute Gasteiger partial charge is 0.326 e. The highest BCUT2D eigenvalue weighted by Gasteiger charge is 2.17. The standard InChI is InChI=1S/C26H38N4O3/c1-3-22-14-15-23(29-25(22)27-2)13-7-8-17-30(19-16-24(26(32)33)28-20-31)18-9-12-21-10-5-4-6-11-21/h4-6,10-11,14-15,20,24H,3,7-9,12-13,16-19H2,1-2H3,(H,27,29)(H,28,31)(H,32,33). The van der Waals surface area contributed by atoms with E-state index >= 15 is 0 Å². The van der Waals surface area contributed by atoms with E-state index in [1.54, 1.807) is 0 Å². The predicted octanol–water partition coefficient (Wildman–Crippen LogP) is 3.53. The number of benzene rings is 1. The number of anilines is 1. The van der Waals surface area contributed by atoms with Crippen LogP contribution in [-0.4, -0.2) is 60.1 Å². The number of nitrogens with zero attached hydrogens (tertiary/aromatic N) is 2. The molecular weight excluding hydrogens is 416 g/mol. The molecule has 1 heterocycles. The molecule has 1 aromatic carbocycles. The molecule has 2 aromatic rings. The summed E-state index contributed by atoms with van der Waals surface area (Å²) in [7, 11) is 1.91. The van der Waals surface area contributed by atoms with Gasteiger partial charge in [0.15, 0.2) is 0 Å². The van der Waals surface area contributed by atoms with Gasteiger partial charge in [-0.15, -0.1) is 0 Å². The van der Waals surface area contributed by atoms with Gasteiger partial charge in [0.05, 0.1) is 0 Å². The van der Waals surface area contributed by atoms with Crippen molar-refractivity contribution in [1.82, 2.24) is 15.2 Å². The first kappa shape index (κ1) is 26.3. The summed E-state index contributed by atoms with van der Waals surface area (Å²) in [6, 6.07) is 13.8. The number of aryl methyl sites for hydroxylation is 3. The summed E-state index contributed by atoms with van der Waals surface area (Å²) in [5, 5.41) is 14.9. The third kappa shape index (κ3) is 9.61. The number of nitrogens with one attached hydrogen (secondary N) is 2. The fourth-order valence-electron chi connectivity index (χ4n) is 3.97. The van der Waals surface area contributed by atoms with Crippen LogP contribution in [0.1, 0.15) is 49.4 Å². The van der Waals surface area contributed by atoms with E-state index < -0.39 is 12.0 Å². The Bertz CT molecular complexity index is 845. The van der Waals surface area contributed by atoms with Crippen molar-refractivity contribution >= 4 is 18.2 Å². The number of carbonyl (C=O) groups excluding carboxylic acids is 1. The predicted molar refractivity (Wildman–Crippen MR) is 133 cm³/mol. The Balaban J connectivity index is 1.86. The van der Waals surface area contributed by atoms with Crippen LogP contribution in [0.25, 0.3) is 0 Å². The SMILES string of the molecule is CCc1ccc(CCCCN(CCCc2ccccc2)CCC(NC=O)C(=O)O)nc1NC. The van der Waals surface area contributed by atoms with Crippen molar-refractivity contribution in [3.63, 3.8) is 0 Å². The molecule has 3 N–H and O–H groups in total. The Labute approximate surface area is 197 Å². The molecule has 0 aliphatic heterocycles. The monoisotopic (exact) mass is 454 g/mol. The van der Waals surface area contributed by atoms with Gasteiger partial charge in [0.1, 0.15) is 11.9 Å². The number of carboxylic acid groups (broad SMARTS) is 1. The molecule has 1 atom stereocenters. The van der Waals surface area contributed by atoms with Gasteiger partial charge in [0.25, 0.3) is 0 Å². The maximum Gasteiger partial charge on any atom is 0.326 e. The molecule has 1 unspecified atom stereocenters. The van der Waals surface area contributed by atoms with E-state index in [4.69, 9.17) is 4.98 Å². The minimum atomic E-state index is -0.992. The number of aromatic nitrogens is 1. The number of amides is 1. The van der Waals surface area contributed by atoms with Crippen molar-refractivity contribution in [3.8, 4) is 0 Å². The highest BCUT2D eigenvalue weighted by atomic mass is 16.4. The summed E-state index contributed by atoms with van der Waals surface area (Å²) in [4.78, 5) is 29.1. The summed E-state index contributed by atoms with van der Waals surface area (Å²) in [6.45, 7) is 4.56. The molecule has 2 rings (SSSR count). The lowest BCUT2D eigenvalue weighted by atomic mass is 10.1. The first-order chi connectivity index (χ1) is 16.1. The van der Waals surface area contributed by atoms with Gasteiger partial charge in [-0.05, 0) is 75.2 Å². The Morgan fingerprint density at radius 1 is 1.06 bits per heavy atom. The molecule has 0 radical (unpaired) electrons. The molecule has 0 aliphatic carbocycles. The van der Waals surface area contributed by atoms with Crippen LogP contribution in [-0.2, 0) is 28.9 Å². The lowest BCUT2D eigenvalue weighted by molar-refractivity contribution is -0.140. The number of aliphatic carboxylic acids is 1. The summed E-state index contributed by atoms with van der Waals surface area (Å²) in [6.07, 6.45) is 6.77. The second-order valence-electron chi connectivity index (χ2n) is 8.27. The van der Waals surface area contributed by atoms with E-state index in [1.165, 1.54) is 11.1 Å². The first-order valence-corrected chi connectivity index (χ1v) is 11.9. The number of unbranched alkanes of at least 4 members (excludes halogenated alkanes) is 1. The van der Waals surface area contributed by atoms with Crippen LogP contribution in [0.4, 0.5) is 5.82 Å². The first-order valence-electron chi connectivity index (χ1n) is 11.9. The molecule has 0 bridgehead atoms. The summed E-state index contributed by atoms with van der Waals surface area (Å²) in [5.74, 6) is -0.0341. The van der Waals surface area contributed by atoms with Crippen LogP contribution in [0, 0.1) is 0 Å². The molecule has 7 nitrogen and oxygen atoms in total. The molecule has 0 saturated heterocycles. The molecule has 0 spiro atoms. The van der Waals surface area contributed by atoms with Crippen LogP contribution < -0.4 is 10.6 Å². The fraction of sp³-hybridized carbons (Fsp3) is 0.500. The van der Waals surface area contributed by atoms with Crippen LogP contribution in [0.2, 0.25) is 0 Å². The largest absolute Gasteiger partial charge is 0.480 e. The van der Waals surface area contributed by atoms with Gasteiger partial charge in [-0.2, -0.15) is 0 Å². The minimum Gasteiger partial charge on any atom is -0.480 e. The highest BCUT2D eigenvalue weighted by molar-refractivity contribution is 5.76. The minimum absolute atomic E-state index is 0.394. The van der Waals surface area contributed by atoms with Gasteiger partial charge in [-0.3, -0.25) is 4.79 Å². The molecular formula is C26H38N4O3. The Morgan fingerprint density at radius 3 is 2.48 bits per heavy atom. The molecule has 0 aliphatic rings. The molecule has 33 heavy (non-hydrogen) atoms. The highest BCUT2D eigenvalue weighted by Crippen LogP contribution is 2.15. The number of carboxylic acids is 1. The fourth-order valence-corrected chi connectivity index (χ4v) is 3.97. The van der Waals surface area contributed by atoms with Gasteiger partial charge in [-0.1, -0.05) is 43.3 Å². The van der Waals surface area contributed by atoms with Crippen molar-refractivity contribution < 1.29 is 14.7 Å². The van der Waals surface area contributed by atoms with Gasteiger partial charge >= 0.3 is 5.97 Å². The van der Waals surface area contributed by atoms with Gasteiger partial charge in [0.2, 0.25) is 6.41 Å². The van der Waals surface area contributed by atoms with E-state index in [1.807, 2.05) is 13.1 Å². The Hall–Kier alpha value is -2.93. The van der Waals surface area contributed by atoms with Crippen molar-refractivity contribution in [2.75, 3.05) is 32.0 Å². The van der Waals surface area contributed by atoms with Gasteiger partial charge in [0, 0.05) is 19.3 Å². The third-order valence-electron chi connectivity index (χ3n) is 5.90. The lowest BCUT2D eigenvalue weighted by Gasteiger charge is -2.24. The van der Waals surface area contributed by atoms with Crippen LogP contribution >= 0.6 is 0 Å². The summed E-state index contributed by atoms with van der Waals surface area (Å²) >= 11 is 0. The maximum absolute atomic E-state index is 11.4. The summed E-state index contributed by atoms with van der Waals surface area (Å²) < 4.78 is 0. The molecule has 7 heteroatoms. The topological polar surface area (TPSA) is 94.6 Å². The maximum atomic E-state index is 11.4. The van der Waals surface area contributed by atoms with Crippen molar-refractivity contribution in [2.24, 2.45) is 0 Å². The van der Waals surface area contributed by atoms with Gasteiger partial charge in [-0.25, -0.2) is 9.78 Å². The van der Waals surface area contributed by atoms with E-state index in [0.29, 0.717) is 19.4 Å². The summed E-state index contributed by atoms with van der Waals surface area (Å²) in [5.41, 5.74) is 3.63. The average Bonchev–Trinajstić information content (AvgIpc) is 2.84.